The van der Waals surface area contributed by atoms with Crippen LogP contribution in [0.3, 0.4) is 0 Å². The van der Waals surface area contributed by atoms with Crippen molar-refractivity contribution in [2.24, 2.45) is 16.0 Å². The first kappa shape index (κ1) is 99.8. The molecule has 27 heteroatoms. The Morgan fingerprint density at radius 1 is 0.449 bits per heavy atom. The van der Waals surface area contributed by atoms with Gasteiger partial charge in [-0.15, -0.1) is 0 Å². The summed E-state index contributed by atoms with van der Waals surface area (Å²) >= 11 is 0. The second-order valence-corrected chi connectivity index (χ2v) is 27.9. The molecule has 2 unspecified atom stereocenters. The van der Waals surface area contributed by atoms with E-state index in [1.807, 2.05) is 41.5 Å². The molecule has 0 saturated carbocycles. The zero-order valence-electron chi connectivity index (χ0n) is 64.3. The number of carbonyl (C=O) groups excluding carboxylic acids is 8. The molecule has 0 aliphatic rings. The van der Waals surface area contributed by atoms with Crippen LogP contribution in [0.15, 0.2) is 10.2 Å². The van der Waals surface area contributed by atoms with Crippen LogP contribution < -0.4 is 21.7 Å². The molecule has 569 valence electrons. The predicted octanol–water partition coefficient (Wildman–Crippen LogP) is 14.6. The van der Waals surface area contributed by atoms with Crippen molar-refractivity contribution < 1.29 is 103 Å². The summed E-state index contributed by atoms with van der Waals surface area (Å²) in [6, 6.07) is -1.71. The zero-order valence-corrected chi connectivity index (χ0v) is 66.5. The number of nitrogens with zero attached hydrogens (tertiary/aromatic N) is 6. The first-order valence-electron chi connectivity index (χ1n) is 36.8. The molecule has 2 atom stereocenters. The number of hydrogen-bond acceptors (Lipinski definition) is 18. The number of amides is 3. The average Bonchev–Trinajstić information content (AvgIpc) is 0.904. The van der Waals surface area contributed by atoms with Gasteiger partial charge in [-0.3, -0.25) is 28.8 Å². The van der Waals surface area contributed by atoms with Crippen LogP contribution in [0.2, 0.25) is 0 Å². The van der Waals surface area contributed by atoms with E-state index in [9.17, 15) is 38.4 Å². The monoisotopic (exact) mass is 1620 g/mol. The van der Waals surface area contributed by atoms with Gasteiger partial charge in [0.25, 0.3) is 6.47 Å². The largest absolute Gasteiger partial charge is 0.468 e. The number of esters is 4. The predicted molar refractivity (Wildman–Crippen MR) is 388 cm³/mol. The summed E-state index contributed by atoms with van der Waals surface area (Å²) in [6.07, 6.45) is 34.2. The molecule has 0 aromatic rings. The SMILES string of the molecule is C.CC(C)(C)OC(=O)CCCCCCCCCCCCCCCCC(=O)NC(CCC(=O)NCCOCCN=[N+]=[N-])C(=O)OC(C)(C)C.CC(C)(C)OC(=O)CCCCCCCCCCCCCCCCC(=O)NC(CCOC=O)C(=O)OC(C)(C)C.[3H][B][3H].[N-]=[N+]=NCCOCCN.[U]. The van der Waals surface area contributed by atoms with Crippen LogP contribution in [0, 0.1) is 31.1 Å². The van der Waals surface area contributed by atoms with Gasteiger partial charge in [-0.05, 0) is 129 Å². The number of nitrogens with one attached hydrogen (secondary N) is 3. The van der Waals surface area contributed by atoms with Crippen molar-refractivity contribution in [3.05, 3.63) is 20.9 Å². The Kier molecular flexibility index (Phi) is 70.7. The van der Waals surface area contributed by atoms with Gasteiger partial charge in [0.15, 0.2) is 0 Å². The number of unbranched alkanes of at least 4 members (excludes halogenated alkanes) is 26. The van der Waals surface area contributed by atoms with E-state index in [-0.39, 0.29) is 119 Å². The van der Waals surface area contributed by atoms with Crippen molar-refractivity contribution in [2.75, 3.05) is 59.2 Å². The van der Waals surface area contributed by atoms with Gasteiger partial charge in [-0.2, -0.15) is 0 Å². The quantitative estimate of drug-likeness (QED) is 0.00642. The van der Waals surface area contributed by atoms with E-state index in [1.54, 1.807) is 41.5 Å². The third kappa shape index (κ3) is 83.8. The summed E-state index contributed by atoms with van der Waals surface area (Å²) in [5.74, 6) is -1.89. The summed E-state index contributed by atoms with van der Waals surface area (Å²) < 4.78 is 47.8. The van der Waals surface area contributed by atoms with Crippen LogP contribution in [0.5, 0.6) is 0 Å². The molecule has 5 N–H and O–H groups in total. The molecular weight excluding hydrogens is 1480 g/mol. The summed E-state index contributed by atoms with van der Waals surface area (Å²) in [7, 11) is 0.500. The van der Waals surface area contributed by atoms with Crippen LogP contribution in [0.4, 0.5) is 0 Å². The van der Waals surface area contributed by atoms with E-state index in [0.717, 1.165) is 70.6 Å². The van der Waals surface area contributed by atoms with Crippen molar-refractivity contribution >= 4 is 56.4 Å². The van der Waals surface area contributed by atoms with Gasteiger partial charge < -0.3 is 54.8 Å². The number of rotatable bonds is 56. The van der Waals surface area contributed by atoms with Crippen LogP contribution in [-0.2, 0) is 71.5 Å². The van der Waals surface area contributed by atoms with E-state index in [2.05, 4.69) is 40.7 Å². The van der Waals surface area contributed by atoms with Gasteiger partial charge in [0.1, 0.15) is 34.5 Å². The molecular formula is C71H138BN10O15U. The standard InChI is InChI=1S/C35H65N5O7.C31H57NO7.C4H10N4O.CH4.BH2.U/c1-34(2,3)46-32(43)22-20-18-16-14-12-10-8-7-9-11-13-15-17-19-21-31(42)39-29(33(44)47-35(4,5)6)23-24-30(41)37-25-27-45-28-26-38-40-36;1-30(2,3)38-28(35)22-20-18-16-14-12-10-8-7-9-11-13-15-17-19-21-27(34)32-26(23-24-37-25-33)29(36)39-31(4,5)6;5-1-3-9-4-2-7-8-6;;;/h29H,7-28H2,1-6H3,(H,37,41)(H,39,42);25-26H,7-24H2,1-6H3,(H,32,34);1-5H2;1H4;1H2;/i;;;;1T2;. The third-order valence-corrected chi connectivity index (χ3v) is 13.8. The van der Waals surface area contributed by atoms with E-state index < -0.39 is 40.8 Å². The Labute approximate surface area is 620 Å². The third-order valence-electron chi connectivity index (χ3n) is 13.8. The van der Waals surface area contributed by atoms with E-state index in [1.165, 1.54) is 109 Å². The van der Waals surface area contributed by atoms with Gasteiger partial charge in [-0.1, -0.05) is 172 Å². The molecule has 3 amide bonds. The van der Waals surface area contributed by atoms with Crippen LogP contribution in [0.1, 0.15) is 315 Å². The molecule has 98 heavy (non-hydrogen) atoms. The molecule has 1 radical (unpaired) electrons. The normalized spacial score (nSPS) is 11.7. The van der Waals surface area contributed by atoms with Gasteiger partial charge in [0.2, 0.25) is 17.7 Å². The Bertz CT molecular complexity index is 2150. The molecule has 0 aromatic carbocycles. The molecule has 0 aromatic heterocycles. The molecule has 0 aliphatic carbocycles. The van der Waals surface area contributed by atoms with Crippen molar-refractivity contribution in [3.8, 4) is 0 Å². The molecule has 0 spiro atoms. The first-order chi connectivity index (χ1) is 46.4. The zero-order chi connectivity index (χ0) is 74.6. The summed E-state index contributed by atoms with van der Waals surface area (Å²) in [5.41, 5.74) is 19.0. The fraction of sp³-hybridized carbons (Fsp3) is 0.887. The van der Waals surface area contributed by atoms with Gasteiger partial charge in [-0.25, -0.2) is 9.59 Å². The summed E-state index contributed by atoms with van der Waals surface area (Å²) in [5, 5.41) is 14.8. The number of ether oxygens (including phenoxy) is 7. The average molecular weight is 1620 g/mol. The number of carbonyl (C=O) groups is 8. The van der Waals surface area contributed by atoms with Gasteiger partial charge in [0.05, 0.1) is 41.4 Å². The molecule has 0 heterocycles. The minimum atomic E-state index is -0.892. The van der Waals surface area contributed by atoms with Gasteiger partial charge in [0, 0.05) is 106 Å². The Hall–Kier alpha value is -4.62. The fourth-order valence-corrected chi connectivity index (χ4v) is 9.36. The molecule has 25 nitrogen and oxygen atoms in total. The maximum absolute atomic E-state index is 12.7. The van der Waals surface area contributed by atoms with Crippen LogP contribution >= 0.6 is 0 Å². The molecule has 0 rings (SSSR count). The maximum atomic E-state index is 12.7. The Balaban J connectivity index is -0.000000376. The maximum Gasteiger partial charge on any atom is 0.329 e. The van der Waals surface area contributed by atoms with Crippen molar-refractivity contribution in [1.82, 2.24) is 16.0 Å². The minimum Gasteiger partial charge on any atom is -0.468 e. The van der Waals surface area contributed by atoms with Gasteiger partial charge >= 0.3 is 23.9 Å². The Morgan fingerprint density at radius 2 is 0.745 bits per heavy atom. The second-order valence-electron chi connectivity index (χ2n) is 27.9. The van der Waals surface area contributed by atoms with Crippen LogP contribution in [-0.4, -0.2) is 153 Å². The van der Waals surface area contributed by atoms with E-state index >= 15 is 0 Å². The molecule has 0 aliphatic heterocycles. The first-order valence-corrected chi connectivity index (χ1v) is 35.7. The molecule has 0 fully saturated rings. The molecule has 0 bridgehead atoms. The van der Waals surface area contributed by atoms with Crippen molar-refractivity contribution in [1.29, 1.82) is 2.67 Å². The second kappa shape index (κ2) is 69.5. The van der Waals surface area contributed by atoms with Crippen molar-refractivity contribution in [2.45, 2.75) is 350 Å². The molecule has 0 saturated heterocycles. The van der Waals surface area contributed by atoms with E-state index in [4.69, 9.17) is 47.9 Å². The summed E-state index contributed by atoms with van der Waals surface area (Å²) in [4.78, 5) is 101. The van der Waals surface area contributed by atoms with E-state index in [0.29, 0.717) is 73.3 Å². The Morgan fingerprint density at radius 3 is 1.04 bits per heavy atom. The van der Waals surface area contributed by atoms with Crippen molar-refractivity contribution in [3.63, 3.8) is 0 Å². The number of nitrogens with two attached hydrogens (primary N) is 1. The smallest absolute Gasteiger partial charge is 0.329 e. The number of hydrogen-bond donors (Lipinski definition) is 4. The van der Waals surface area contributed by atoms with Crippen LogP contribution in [0.25, 0.3) is 20.9 Å². The minimum absolute atomic E-state index is 0. The topological polar surface area (TPSA) is 361 Å². The fourth-order valence-electron chi connectivity index (χ4n) is 9.36. The summed E-state index contributed by atoms with van der Waals surface area (Å²) in [6.45, 7) is 25.3. The number of azide groups is 2.